The molecule has 4 N–H and O–H groups in total. The zero-order valence-electron chi connectivity index (χ0n) is 13.6. The van der Waals surface area contributed by atoms with Gasteiger partial charge >= 0.3 is 11.9 Å². The average Bonchev–Trinajstić information content (AvgIpc) is 3.05. The van der Waals surface area contributed by atoms with Crippen molar-refractivity contribution in [2.24, 2.45) is 5.73 Å². The highest BCUT2D eigenvalue weighted by molar-refractivity contribution is 7.17. The molecule has 0 atom stereocenters. The largest absolute Gasteiger partial charge is 0.481 e. The minimum absolute atomic E-state index is 0.00427. The fraction of sp³-hybridized carbons (Fsp3) is 0.250. The molecule has 8 nitrogen and oxygen atoms in total. The number of ether oxygens (including phenoxy) is 1. The zero-order chi connectivity index (χ0) is 18.4. The van der Waals surface area contributed by atoms with Crippen molar-refractivity contribution in [2.45, 2.75) is 13.3 Å². The van der Waals surface area contributed by atoms with Gasteiger partial charge in [0, 0.05) is 18.7 Å². The highest BCUT2D eigenvalue weighted by Crippen LogP contribution is 2.24. The Morgan fingerprint density at radius 3 is 2.60 bits per heavy atom. The number of carboxylic acid groups (broad SMARTS) is 1. The molecule has 2 rings (SSSR count). The van der Waals surface area contributed by atoms with E-state index in [1.807, 2.05) is 6.92 Å². The summed E-state index contributed by atoms with van der Waals surface area (Å²) in [5.41, 5.74) is 5.91. The highest BCUT2D eigenvalue weighted by atomic mass is 32.1. The number of benzene rings is 1. The zero-order valence-corrected chi connectivity index (χ0v) is 14.4. The van der Waals surface area contributed by atoms with E-state index in [1.54, 1.807) is 29.2 Å². The molecular weight excluding hydrogens is 344 g/mol. The Kier molecular flexibility index (Phi) is 6.07. The number of nitrogens with zero attached hydrogens (tertiary/aromatic N) is 2. The molecule has 0 radical (unpaired) electrons. The van der Waals surface area contributed by atoms with Gasteiger partial charge in [-0.05, 0) is 31.2 Å². The van der Waals surface area contributed by atoms with Gasteiger partial charge in [0.1, 0.15) is 16.5 Å². The van der Waals surface area contributed by atoms with Crippen LogP contribution in [0, 0.1) is 5.41 Å². The van der Waals surface area contributed by atoms with Crippen LogP contribution in [0.15, 0.2) is 30.5 Å². The SMILES string of the molecule is CCN(CCC(=O)O)c1ncc(C(=O)Oc2ccc(C(=N)N)cc2)s1. The quantitative estimate of drug-likeness (QED) is 0.283. The number of nitrogens with one attached hydrogen (secondary N) is 1. The normalized spacial score (nSPS) is 10.3. The summed E-state index contributed by atoms with van der Waals surface area (Å²) in [6.45, 7) is 2.79. The van der Waals surface area contributed by atoms with Gasteiger partial charge in [0.2, 0.25) is 0 Å². The van der Waals surface area contributed by atoms with Crippen LogP contribution in [0.25, 0.3) is 0 Å². The van der Waals surface area contributed by atoms with Gasteiger partial charge in [-0.25, -0.2) is 9.78 Å². The van der Waals surface area contributed by atoms with Crippen LogP contribution in [0.4, 0.5) is 5.13 Å². The first-order valence-electron chi connectivity index (χ1n) is 7.50. The maximum absolute atomic E-state index is 12.2. The Morgan fingerprint density at radius 1 is 1.36 bits per heavy atom. The second kappa shape index (κ2) is 8.25. The van der Waals surface area contributed by atoms with Gasteiger partial charge in [0.25, 0.3) is 0 Å². The lowest BCUT2D eigenvalue weighted by molar-refractivity contribution is -0.136. The molecule has 0 saturated carbocycles. The Balaban J connectivity index is 2.03. The summed E-state index contributed by atoms with van der Waals surface area (Å²) in [5.74, 6) is -1.16. The van der Waals surface area contributed by atoms with E-state index in [2.05, 4.69) is 4.98 Å². The summed E-state index contributed by atoms with van der Waals surface area (Å²) in [6.07, 6.45) is 1.41. The Morgan fingerprint density at radius 2 is 2.04 bits per heavy atom. The summed E-state index contributed by atoms with van der Waals surface area (Å²) < 4.78 is 5.27. The fourth-order valence-corrected chi connectivity index (χ4v) is 2.87. The first-order chi connectivity index (χ1) is 11.9. The first-order valence-corrected chi connectivity index (χ1v) is 8.31. The van der Waals surface area contributed by atoms with Gasteiger partial charge in [-0.15, -0.1) is 0 Å². The molecular formula is C16H18N4O4S. The molecule has 1 aromatic carbocycles. The predicted molar refractivity (Wildman–Crippen MR) is 94.7 cm³/mol. The second-order valence-corrected chi connectivity index (χ2v) is 6.07. The summed E-state index contributed by atoms with van der Waals surface area (Å²) in [4.78, 5) is 29.2. The number of nitrogen functional groups attached to an aromatic ring is 1. The summed E-state index contributed by atoms with van der Waals surface area (Å²) in [5, 5.41) is 16.7. The minimum Gasteiger partial charge on any atom is -0.481 e. The number of thiazole rings is 1. The molecule has 0 saturated heterocycles. The van der Waals surface area contributed by atoms with E-state index in [1.165, 1.54) is 6.20 Å². The molecule has 0 unspecified atom stereocenters. The van der Waals surface area contributed by atoms with Crippen LogP contribution in [-0.4, -0.2) is 41.0 Å². The van der Waals surface area contributed by atoms with Gasteiger partial charge in [0.15, 0.2) is 5.13 Å². The number of rotatable bonds is 8. The van der Waals surface area contributed by atoms with Crippen molar-refractivity contribution in [1.82, 2.24) is 4.98 Å². The van der Waals surface area contributed by atoms with E-state index in [0.29, 0.717) is 34.4 Å². The molecule has 0 amide bonds. The van der Waals surface area contributed by atoms with Gasteiger partial charge in [-0.3, -0.25) is 10.2 Å². The van der Waals surface area contributed by atoms with Gasteiger partial charge < -0.3 is 20.5 Å². The monoisotopic (exact) mass is 362 g/mol. The first kappa shape index (κ1) is 18.4. The van der Waals surface area contributed by atoms with Crippen LogP contribution >= 0.6 is 11.3 Å². The number of carbonyl (C=O) groups excluding carboxylic acids is 1. The molecule has 1 aromatic heterocycles. The van der Waals surface area contributed by atoms with Crippen LogP contribution in [0.2, 0.25) is 0 Å². The van der Waals surface area contributed by atoms with Crippen LogP contribution in [0.5, 0.6) is 5.75 Å². The summed E-state index contributed by atoms with van der Waals surface area (Å²) in [7, 11) is 0. The molecule has 0 spiro atoms. The molecule has 0 bridgehead atoms. The van der Waals surface area contributed by atoms with Crippen molar-refractivity contribution >= 4 is 34.2 Å². The van der Waals surface area contributed by atoms with Gasteiger partial charge in [-0.2, -0.15) is 0 Å². The van der Waals surface area contributed by atoms with Gasteiger partial charge in [-0.1, -0.05) is 11.3 Å². The molecule has 132 valence electrons. The maximum Gasteiger partial charge on any atom is 0.355 e. The standard InChI is InChI=1S/C16H18N4O4S/c1-2-20(8-7-13(21)22)16-19-9-12(25-16)15(23)24-11-5-3-10(4-6-11)14(17)18/h3-6,9H,2,7-8H2,1H3,(H3,17,18)(H,21,22). The van der Waals surface area contributed by atoms with E-state index < -0.39 is 11.9 Å². The number of hydrogen-bond donors (Lipinski definition) is 3. The van der Waals surface area contributed by atoms with E-state index in [4.69, 9.17) is 21.0 Å². The fourth-order valence-electron chi connectivity index (χ4n) is 1.98. The number of amidine groups is 1. The lowest BCUT2D eigenvalue weighted by Crippen LogP contribution is -2.25. The van der Waals surface area contributed by atoms with Crippen molar-refractivity contribution in [1.29, 1.82) is 5.41 Å². The molecule has 0 aliphatic rings. The molecule has 25 heavy (non-hydrogen) atoms. The summed E-state index contributed by atoms with van der Waals surface area (Å²) in [6, 6.07) is 6.30. The number of carbonyl (C=O) groups is 2. The number of esters is 1. The molecule has 9 heteroatoms. The lowest BCUT2D eigenvalue weighted by Gasteiger charge is -2.18. The van der Waals surface area contributed by atoms with Crippen molar-refractivity contribution < 1.29 is 19.4 Å². The Hall–Kier alpha value is -2.94. The van der Waals surface area contributed by atoms with Crippen molar-refractivity contribution in [3.05, 3.63) is 40.9 Å². The van der Waals surface area contributed by atoms with Crippen LogP contribution in [0.3, 0.4) is 0 Å². The number of aliphatic carboxylic acids is 1. The molecule has 0 aliphatic heterocycles. The third-order valence-corrected chi connectivity index (χ3v) is 4.36. The molecule has 0 aliphatic carbocycles. The van der Waals surface area contributed by atoms with E-state index >= 15 is 0 Å². The van der Waals surface area contributed by atoms with Crippen LogP contribution < -0.4 is 15.4 Å². The maximum atomic E-state index is 12.2. The van der Waals surface area contributed by atoms with E-state index in [9.17, 15) is 9.59 Å². The third kappa shape index (κ3) is 5.01. The van der Waals surface area contributed by atoms with Crippen molar-refractivity contribution in [3.63, 3.8) is 0 Å². The lowest BCUT2D eigenvalue weighted by atomic mass is 10.2. The van der Waals surface area contributed by atoms with Crippen molar-refractivity contribution in [2.75, 3.05) is 18.0 Å². The molecule has 2 aromatic rings. The third-order valence-electron chi connectivity index (χ3n) is 3.32. The number of aromatic nitrogens is 1. The van der Waals surface area contributed by atoms with Crippen LogP contribution in [-0.2, 0) is 4.79 Å². The number of anilines is 1. The topological polar surface area (TPSA) is 130 Å². The molecule has 0 fully saturated rings. The summed E-state index contributed by atoms with van der Waals surface area (Å²) >= 11 is 1.15. The number of nitrogens with two attached hydrogens (primary N) is 1. The molecule has 1 heterocycles. The highest BCUT2D eigenvalue weighted by Gasteiger charge is 2.17. The van der Waals surface area contributed by atoms with E-state index in [-0.39, 0.29) is 12.3 Å². The number of hydrogen-bond acceptors (Lipinski definition) is 7. The van der Waals surface area contributed by atoms with Crippen molar-refractivity contribution in [3.8, 4) is 5.75 Å². The minimum atomic E-state index is -0.886. The number of carboxylic acids is 1. The van der Waals surface area contributed by atoms with Crippen LogP contribution in [0.1, 0.15) is 28.6 Å². The Bertz CT molecular complexity index is 773. The Labute approximate surface area is 148 Å². The smallest absolute Gasteiger partial charge is 0.355 e. The average molecular weight is 362 g/mol. The predicted octanol–water partition coefficient (Wildman–Crippen LogP) is 1.95. The second-order valence-electron chi connectivity index (χ2n) is 5.06. The van der Waals surface area contributed by atoms with E-state index in [0.717, 1.165) is 11.3 Å². The van der Waals surface area contributed by atoms with Gasteiger partial charge in [0.05, 0.1) is 12.6 Å².